The molecule has 9 N–H and O–H groups in total. The quantitative estimate of drug-likeness (QED) is 0.0116. The number of benzene rings is 3. The van der Waals surface area contributed by atoms with Crippen molar-refractivity contribution < 1.29 is 60.9 Å². The first kappa shape index (κ1) is 82.6. The summed E-state index contributed by atoms with van der Waals surface area (Å²) in [7, 11) is -1.61. The van der Waals surface area contributed by atoms with E-state index in [1.54, 1.807) is 14.7 Å². The third kappa shape index (κ3) is 18.7. The number of phosphoric ester groups is 1. The van der Waals surface area contributed by atoms with Crippen LogP contribution in [0.3, 0.4) is 0 Å². The predicted molar refractivity (Wildman–Crippen MR) is 416 cm³/mol. The van der Waals surface area contributed by atoms with Crippen molar-refractivity contribution in [1.82, 2.24) is 74.7 Å². The number of carbonyl (C=O) groups excluding carboxylic acids is 3. The van der Waals surface area contributed by atoms with Crippen LogP contribution in [0, 0.1) is 68.0 Å². The Balaban J connectivity index is 0.828. The number of phosphoric acid groups is 1. The Hall–Kier alpha value is -12.9. The number of fused-ring (bicyclic) bond motifs is 3. The van der Waals surface area contributed by atoms with Gasteiger partial charge in [-0.15, -0.1) is 15.3 Å². The lowest BCUT2D eigenvalue weighted by Gasteiger charge is -2.40. The molecule has 3 aliphatic rings. The van der Waals surface area contributed by atoms with Crippen LogP contribution < -0.4 is 62.6 Å². The minimum atomic E-state index is -5.12. The van der Waals surface area contributed by atoms with Crippen LogP contribution >= 0.6 is 42.6 Å². The highest BCUT2D eigenvalue weighted by Crippen LogP contribution is 2.50. The first-order valence-electron chi connectivity index (χ1n) is 35.6. The van der Waals surface area contributed by atoms with E-state index in [2.05, 4.69) is 129 Å². The van der Waals surface area contributed by atoms with Gasteiger partial charge < -0.3 is 91.0 Å². The summed E-state index contributed by atoms with van der Waals surface area (Å²) in [6, 6.07) is 19.1. The SMILES string of the molecule is CCNc1nc(Nc2cc(C#N)cc(N3CC[C@@H](NC(=O)OC)[C@H](OCOP(=O)(OCO[C@@H]4CN(c5cc(C#N)cc(Nc6nc(NCC)c7ncc(C#N)n7n6)c5Cl)CC[C@H]4NC(=O)OC)OCO[C@@H]4CN(c5cc(C#N)cc(Nc6nc(NCC)c7ncc(C#N)n7n6)c5Cl)CC[C@H]4NC(=O)OC)C3)c2Cl)nn2c(C#N)cnc12. The molecule has 116 heavy (non-hydrogen) atoms. The van der Waals surface area contributed by atoms with Crippen molar-refractivity contribution in [3.8, 4) is 36.4 Å². The van der Waals surface area contributed by atoms with E-state index >= 15 is 4.57 Å². The molecule has 47 heteroatoms. The second-order valence-electron chi connectivity index (χ2n) is 25.4. The van der Waals surface area contributed by atoms with Gasteiger partial charge in [-0.25, -0.2) is 33.9 Å². The number of methoxy groups -OCH3 is 3. The zero-order valence-electron chi connectivity index (χ0n) is 62.5. The number of nitrogens with one attached hydrogen (secondary N) is 9. The molecule has 3 amide bonds. The minimum absolute atomic E-state index is 0.0135. The largest absolute Gasteiger partial charge is 0.481 e. The van der Waals surface area contributed by atoms with Crippen molar-refractivity contribution in [2.45, 2.75) is 76.5 Å². The second kappa shape index (κ2) is 37.4. The molecule has 0 saturated carbocycles. The highest BCUT2D eigenvalue weighted by atomic mass is 35.5. The molecule has 0 bridgehead atoms. The summed E-state index contributed by atoms with van der Waals surface area (Å²) in [6.45, 7) is 4.38. The van der Waals surface area contributed by atoms with Crippen molar-refractivity contribution in [1.29, 1.82) is 31.6 Å². The molecule has 12 rings (SSSR count). The molecule has 0 aliphatic carbocycles. The van der Waals surface area contributed by atoms with Crippen LogP contribution in [-0.4, -0.2) is 214 Å². The van der Waals surface area contributed by atoms with Crippen LogP contribution in [-0.2, 0) is 46.6 Å². The number of hydrogen-bond acceptors (Lipinski definition) is 37. The van der Waals surface area contributed by atoms with Crippen LogP contribution in [0.2, 0.25) is 15.1 Å². The lowest BCUT2D eigenvalue weighted by Crippen LogP contribution is -2.55. The first-order chi connectivity index (χ1) is 56.2. The van der Waals surface area contributed by atoms with E-state index < -0.39 is 82.9 Å². The van der Waals surface area contributed by atoms with Gasteiger partial charge >= 0.3 is 26.1 Å². The number of alkyl carbamates (subject to hydrolysis) is 3. The summed E-state index contributed by atoms with van der Waals surface area (Å²) in [6.07, 6.45) is -1.25. The smallest absolute Gasteiger partial charge is 0.453 e. The molecule has 3 saturated heterocycles. The van der Waals surface area contributed by atoms with Crippen LogP contribution in [0.15, 0.2) is 55.0 Å². The normalized spacial score (nSPS) is 17.3. The van der Waals surface area contributed by atoms with Crippen LogP contribution in [0.4, 0.5) is 83.8 Å². The van der Waals surface area contributed by atoms with E-state index in [9.17, 15) is 46.0 Å². The van der Waals surface area contributed by atoms with Gasteiger partial charge in [0, 0.05) is 58.9 Å². The third-order valence-electron chi connectivity index (χ3n) is 18.4. The Morgan fingerprint density at radius 2 is 0.741 bits per heavy atom. The number of carbonyl (C=O) groups is 3. The van der Waals surface area contributed by atoms with Gasteiger partial charge in [0.2, 0.25) is 17.8 Å². The number of hydrogen-bond donors (Lipinski definition) is 9. The number of amides is 3. The van der Waals surface area contributed by atoms with Gasteiger partial charge in [0.05, 0.1) is 160 Å². The van der Waals surface area contributed by atoms with Gasteiger partial charge in [0.15, 0.2) is 71.9 Å². The first-order valence-corrected chi connectivity index (χ1v) is 38.2. The lowest BCUT2D eigenvalue weighted by molar-refractivity contribution is -0.113. The van der Waals surface area contributed by atoms with E-state index in [1.165, 1.54) is 89.9 Å². The van der Waals surface area contributed by atoms with Gasteiger partial charge in [0.1, 0.15) is 18.2 Å². The van der Waals surface area contributed by atoms with Crippen LogP contribution in [0.5, 0.6) is 0 Å². The number of rotatable bonds is 30. The number of piperidine rings is 3. The predicted octanol–water partition coefficient (Wildman–Crippen LogP) is 8.11. The maximum Gasteiger partial charge on any atom is 0.481 e. The molecule has 602 valence electrons. The minimum Gasteiger partial charge on any atom is -0.453 e. The third-order valence-corrected chi connectivity index (χ3v) is 20.9. The number of nitriles is 6. The fourth-order valence-corrected chi connectivity index (χ4v) is 14.6. The topological polar surface area (TPSA) is 541 Å². The Kier molecular flexibility index (Phi) is 26.6. The fraction of sp³-hybridized carbons (Fsp3) is 0.391. The maximum absolute atomic E-state index is 15.6. The monoisotopic (exact) mass is 1660 g/mol. The van der Waals surface area contributed by atoms with Crippen LogP contribution in [0.1, 0.15) is 73.8 Å². The molecule has 0 unspecified atom stereocenters. The molecule has 0 spiro atoms. The highest BCUT2D eigenvalue weighted by Gasteiger charge is 2.40. The number of nitrogens with zero attached hydrogens (tertiary/aromatic N) is 21. The molecule has 43 nitrogen and oxygen atoms in total. The van der Waals surface area contributed by atoms with E-state index in [-0.39, 0.29) is 159 Å². The summed E-state index contributed by atoms with van der Waals surface area (Å²) >= 11 is 21.7. The van der Waals surface area contributed by atoms with Crippen molar-refractivity contribution in [3.63, 3.8) is 0 Å². The Bertz CT molecular complexity index is 5000. The van der Waals surface area contributed by atoms with Gasteiger partial charge in [-0.05, 0) is 76.4 Å². The van der Waals surface area contributed by atoms with Crippen molar-refractivity contribution >= 4 is 147 Å². The summed E-state index contributed by atoms with van der Waals surface area (Å²) in [4.78, 5) is 71.0. The average molecular weight is 1670 g/mol. The summed E-state index contributed by atoms with van der Waals surface area (Å²) in [5.41, 5.74) is 3.15. The summed E-state index contributed by atoms with van der Waals surface area (Å²) < 4.78 is 71.7. The van der Waals surface area contributed by atoms with Gasteiger partial charge in [0.25, 0.3) is 0 Å². The molecular formula is C69H72Cl3N30O13P. The Labute approximate surface area is 675 Å². The van der Waals surface area contributed by atoms with Gasteiger partial charge in [-0.2, -0.15) is 60.1 Å². The molecule has 6 atom stereocenters. The molecule has 0 radical (unpaired) electrons. The highest BCUT2D eigenvalue weighted by molar-refractivity contribution is 7.48. The number of imidazole rings is 3. The van der Waals surface area contributed by atoms with E-state index in [0.29, 0.717) is 54.2 Å². The van der Waals surface area contributed by atoms with E-state index in [0.717, 1.165) is 0 Å². The average Bonchev–Trinajstić information content (AvgIpc) is 1.77. The standard InChI is InChI=1S/C69H72Cl3N30O13P/c1-7-79-58-61-82-28-40(25-76)100(61)94-64(91-58)85-46-16-37(22-73)19-49(55(46)70)97-13-10-43(88-67(103)107-4)52(31-97)110-34-113-116(106,114-35-111-53-32-98(14-11-44(53)89-68(104)108-5)50-20-38(23-74)17-47(56(50)71)86-65-92-59(80-8-2)62-83-29-41(26-77)101(62)95-65)115-36-112-54-33-99(15-12-45(54)90-69(105)109-6)51-21-39(24-75)18-48(57(51)72)87-66-93-60(81-9-3)63-84-30-42(27-78)102(63)96-66/h16-21,28-30,43-45,52-54H,7-15,31-36H2,1-6H3,(H,88,103)(H,89,104)(H,90,105)(H2,79,85,91,94)(H2,80,86,92,95)(H2,81,87,93,96)/t43-,44-,45-,52-,53-,54-/m1/s1. The van der Waals surface area contributed by atoms with E-state index in [1.807, 2.05) is 20.8 Å². The molecule has 3 aliphatic heterocycles. The molecule has 3 aromatic carbocycles. The van der Waals surface area contributed by atoms with Crippen molar-refractivity contribution in [2.75, 3.05) is 147 Å². The Morgan fingerprint density at radius 1 is 0.457 bits per heavy atom. The number of ether oxygens (including phenoxy) is 6. The van der Waals surface area contributed by atoms with Crippen LogP contribution in [0.25, 0.3) is 16.9 Å². The van der Waals surface area contributed by atoms with Crippen molar-refractivity contribution in [2.24, 2.45) is 0 Å². The zero-order valence-corrected chi connectivity index (χ0v) is 65.7. The summed E-state index contributed by atoms with van der Waals surface area (Å²) in [5.74, 6) is 0.857. The molecule has 9 aromatic rings. The zero-order chi connectivity index (χ0) is 82.3. The molecule has 9 heterocycles. The maximum atomic E-state index is 15.6. The summed E-state index contributed by atoms with van der Waals surface area (Å²) in [5, 5.41) is 101. The van der Waals surface area contributed by atoms with Crippen molar-refractivity contribution in [3.05, 3.63) is 104 Å². The number of aromatic nitrogens is 12. The van der Waals surface area contributed by atoms with Gasteiger partial charge in [-0.1, -0.05) is 34.8 Å². The lowest BCUT2D eigenvalue weighted by atomic mass is 10.0. The van der Waals surface area contributed by atoms with Gasteiger partial charge in [-0.3, -0.25) is 13.6 Å². The Morgan fingerprint density at radius 3 is 0.991 bits per heavy atom. The second-order valence-corrected chi connectivity index (χ2v) is 28.2. The van der Waals surface area contributed by atoms with E-state index in [4.69, 9.17) is 76.8 Å². The molecule has 6 aromatic heterocycles. The number of halogens is 3. The number of anilines is 12. The molecular weight excluding hydrogens is 1590 g/mol. The molecule has 3 fully saturated rings. The fourth-order valence-electron chi connectivity index (χ4n) is 12.9.